The normalized spacial score (nSPS) is 20.4. The third kappa shape index (κ3) is 1.50. The smallest absolute Gasteiger partial charge is 0.0518 e. The van der Waals surface area contributed by atoms with Gasteiger partial charge in [-0.3, -0.25) is 5.10 Å². The Balaban J connectivity index is 1.87. The van der Waals surface area contributed by atoms with E-state index in [0.29, 0.717) is 6.04 Å². The molecule has 1 aromatic heterocycles. The fourth-order valence-corrected chi connectivity index (χ4v) is 1.53. The van der Waals surface area contributed by atoms with Crippen LogP contribution in [0.15, 0.2) is 12.3 Å². The van der Waals surface area contributed by atoms with Crippen LogP contribution in [0.25, 0.3) is 0 Å². The van der Waals surface area contributed by atoms with Gasteiger partial charge in [-0.05, 0) is 25.8 Å². The molecule has 1 unspecified atom stereocenters. The van der Waals surface area contributed by atoms with Crippen molar-refractivity contribution in [2.24, 2.45) is 0 Å². The predicted octanol–water partition coefficient (Wildman–Crippen LogP) is 1.61. The van der Waals surface area contributed by atoms with Crippen molar-refractivity contribution in [2.45, 2.75) is 38.3 Å². The van der Waals surface area contributed by atoms with E-state index in [1.807, 2.05) is 6.07 Å². The molecule has 1 heterocycles. The number of nitrogens with one attached hydrogen (secondary N) is 2. The van der Waals surface area contributed by atoms with Crippen LogP contribution in [-0.4, -0.2) is 16.2 Å². The molecule has 1 aliphatic rings. The number of aromatic nitrogens is 2. The van der Waals surface area contributed by atoms with Crippen molar-refractivity contribution in [3.05, 3.63) is 18.0 Å². The second kappa shape index (κ2) is 3.27. The van der Waals surface area contributed by atoms with E-state index in [4.69, 9.17) is 0 Å². The lowest BCUT2D eigenvalue weighted by Gasteiger charge is -2.29. The molecule has 2 rings (SSSR count). The van der Waals surface area contributed by atoms with Gasteiger partial charge in [0.25, 0.3) is 0 Å². The van der Waals surface area contributed by atoms with Crippen LogP contribution in [-0.2, 0) is 0 Å². The first-order valence-electron chi connectivity index (χ1n) is 4.61. The minimum Gasteiger partial charge on any atom is -0.306 e. The molecule has 0 bridgehead atoms. The number of aromatic amines is 1. The van der Waals surface area contributed by atoms with E-state index in [2.05, 4.69) is 22.4 Å². The molecule has 1 saturated carbocycles. The van der Waals surface area contributed by atoms with E-state index in [0.717, 1.165) is 6.04 Å². The van der Waals surface area contributed by atoms with Crippen LogP contribution < -0.4 is 5.32 Å². The zero-order valence-electron chi connectivity index (χ0n) is 7.38. The molecule has 0 spiro atoms. The predicted molar refractivity (Wildman–Crippen MR) is 47.8 cm³/mol. The van der Waals surface area contributed by atoms with Gasteiger partial charge in [-0.25, -0.2) is 0 Å². The molecule has 0 aromatic carbocycles. The molecule has 0 amide bonds. The molecule has 2 N–H and O–H groups in total. The van der Waals surface area contributed by atoms with Crippen LogP contribution in [0.3, 0.4) is 0 Å². The van der Waals surface area contributed by atoms with Gasteiger partial charge >= 0.3 is 0 Å². The fourth-order valence-electron chi connectivity index (χ4n) is 1.53. The third-order valence-electron chi connectivity index (χ3n) is 2.58. The summed E-state index contributed by atoms with van der Waals surface area (Å²) in [6, 6.07) is 3.18. The molecule has 3 nitrogen and oxygen atoms in total. The first-order chi connectivity index (χ1) is 5.86. The van der Waals surface area contributed by atoms with Gasteiger partial charge in [0.1, 0.15) is 0 Å². The Morgan fingerprint density at radius 2 is 2.50 bits per heavy atom. The lowest BCUT2D eigenvalue weighted by molar-refractivity contribution is 0.311. The van der Waals surface area contributed by atoms with E-state index < -0.39 is 0 Å². The summed E-state index contributed by atoms with van der Waals surface area (Å²) in [6.45, 7) is 2.17. The molecule has 1 atom stereocenters. The standard InChI is InChI=1S/C9H15N3/c1-7(9-5-6-10-12-9)11-8-3-2-4-8/h5-8,11H,2-4H2,1H3,(H,10,12). The van der Waals surface area contributed by atoms with Gasteiger partial charge in [0, 0.05) is 18.3 Å². The van der Waals surface area contributed by atoms with Gasteiger partial charge in [-0.15, -0.1) is 0 Å². The van der Waals surface area contributed by atoms with Crippen molar-refractivity contribution in [3.8, 4) is 0 Å². The van der Waals surface area contributed by atoms with Crippen molar-refractivity contribution >= 4 is 0 Å². The van der Waals surface area contributed by atoms with Gasteiger partial charge in [0.15, 0.2) is 0 Å². The van der Waals surface area contributed by atoms with Gasteiger partial charge in [0.2, 0.25) is 0 Å². The second-order valence-corrected chi connectivity index (χ2v) is 3.53. The zero-order chi connectivity index (χ0) is 8.39. The summed E-state index contributed by atoms with van der Waals surface area (Å²) < 4.78 is 0. The number of hydrogen-bond acceptors (Lipinski definition) is 2. The lowest BCUT2D eigenvalue weighted by Crippen LogP contribution is -2.36. The van der Waals surface area contributed by atoms with Crippen LogP contribution in [0, 0.1) is 0 Å². The highest BCUT2D eigenvalue weighted by Crippen LogP contribution is 2.21. The number of nitrogens with zero attached hydrogens (tertiary/aromatic N) is 1. The van der Waals surface area contributed by atoms with E-state index in [9.17, 15) is 0 Å². The minimum absolute atomic E-state index is 0.415. The van der Waals surface area contributed by atoms with Crippen LogP contribution >= 0.6 is 0 Å². The van der Waals surface area contributed by atoms with E-state index in [-0.39, 0.29) is 0 Å². The van der Waals surface area contributed by atoms with Crippen LogP contribution in [0.4, 0.5) is 0 Å². The summed E-state index contributed by atoms with van der Waals surface area (Å²) in [7, 11) is 0. The van der Waals surface area contributed by atoms with Crippen molar-refractivity contribution in [1.29, 1.82) is 0 Å². The highest BCUT2D eigenvalue weighted by atomic mass is 15.1. The van der Waals surface area contributed by atoms with Crippen molar-refractivity contribution in [1.82, 2.24) is 15.5 Å². The third-order valence-corrected chi connectivity index (χ3v) is 2.58. The minimum atomic E-state index is 0.415. The maximum absolute atomic E-state index is 3.93. The first-order valence-corrected chi connectivity index (χ1v) is 4.61. The van der Waals surface area contributed by atoms with Gasteiger partial charge < -0.3 is 5.32 Å². The van der Waals surface area contributed by atoms with Crippen LogP contribution in [0.2, 0.25) is 0 Å². The number of hydrogen-bond donors (Lipinski definition) is 2. The van der Waals surface area contributed by atoms with Gasteiger partial charge in [0.05, 0.1) is 5.69 Å². The first kappa shape index (κ1) is 7.80. The van der Waals surface area contributed by atoms with Crippen molar-refractivity contribution in [2.75, 3.05) is 0 Å². The Hall–Kier alpha value is -0.830. The molecule has 0 aliphatic heterocycles. The molecule has 1 aliphatic carbocycles. The quantitative estimate of drug-likeness (QED) is 0.714. The summed E-state index contributed by atoms with van der Waals surface area (Å²) in [6.07, 6.45) is 5.85. The Morgan fingerprint density at radius 1 is 1.67 bits per heavy atom. The molecular weight excluding hydrogens is 150 g/mol. The maximum atomic E-state index is 3.93. The van der Waals surface area contributed by atoms with Crippen molar-refractivity contribution in [3.63, 3.8) is 0 Å². The summed E-state index contributed by atoms with van der Waals surface area (Å²) in [5.74, 6) is 0. The van der Waals surface area contributed by atoms with Gasteiger partial charge in [-0.2, -0.15) is 5.10 Å². The number of rotatable bonds is 3. The summed E-state index contributed by atoms with van der Waals surface area (Å²) in [5, 5.41) is 10.5. The highest BCUT2D eigenvalue weighted by Gasteiger charge is 2.19. The zero-order valence-corrected chi connectivity index (χ0v) is 7.38. The molecule has 1 aromatic rings. The Bertz CT molecular complexity index is 226. The second-order valence-electron chi connectivity index (χ2n) is 3.53. The Labute approximate surface area is 72.6 Å². The average Bonchev–Trinajstić information content (AvgIpc) is 2.47. The van der Waals surface area contributed by atoms with Crippen LogP contribution in [0.5, 0.6) is 0 Å². The highest BCUT2D eigenvalue weighted by molar-refractivity contribution is 5.03. The molecule has 0 saturated heterocycles. The summed E-state index contributed by atoms with van der Waals surface area (Å²) >= 11 is 0. The SMILES string of the molecule is CC(NC1CCC1)c1ccn[nH]1. The van der Waals surface area contributed by atoms with Crippen LogP contribution in [0.1, 0.15) is 37.9 Å². The summed E-state index contributed by atoms with van der Waals surface area (Å²) in [4.78, 5) is 0. The Kier molecular flexibility index (Phi) is 2.13. The monoisotopic (exact) mass is 165 g/mol. The van der Waals surface area contributed by atoms with E-state index in [1.165, 1.54) is 25.0 Å². The van der Waals surface area contributed by atoms with E-state index in [1.54, 1.807) is 6.20 Å². The Morgan fingerprint density at radius 3 is 3.00 bits per heavy atom. The topological polar surface area (TPSA) is 40.7 Å². The summed E-state index contributed by atoms with van der Waals surface area (Å²) in [5.41, 5.74) is 1.18. The molecule has 1 fully saturated rings. The molecule has 12 heavy (non-hydrogen) atoms. The number of H-pyrrole nitrogens is 1. The largest absolute Gasteiger partial charge is 0.306 e. The fraction of sp³-hybridized carbons (Fsp3) is 0.667. The average molecular weight is 165 g/mol. The maximum Gasteiger partial charge on any atom is 0.0518 e. The molecule has 66 valence electrons. The molecular formula is C9H15N3. The van der Waals surface area contributed by atoms with E-state index >= 15 is 0 Å². The van der Waals surface area contributed by atoms with Crippen molar-refractivity contribution < 1.29 is 0 Å². The molecule has 3 heteroatoms. The molecule has 0 radical (unpaired) electrons. The lowest BCUT2D eigenvalue weighted by atomic mass is 9.92. The van der Waals surface area contributed by atoms with Gasteiger partial charge in [-0.1, -0.05) is 6.42 Å².